The molecule has 0 bridgehead atoms. The van der Waals surface area contributed by atoms with Crippen molar-refractivity contribution in [3.8, 4) is 11.1 Å². The second kappa shape index (κ2) is 8.46. The number of rotatable bonds is 6. The van der Waals surface area contributed by atoms with Gasteiger partial charge in [0.2, 0.25) is 0 Å². The van der Waals surface area contributed by atoms with Crippen LogP contribution in [0.1, 0.15) is 69.8 Å². The molecule has 0 N–H and O–H groups in total. The van der Waals surface area contributed by atoms with Crippen LogP contribution in [0.5, 0.6) is 0 Å². The smallest absolute Gasteiger partial charge is 0.134 e. The summed E-state index contributed by atoms with van der Waals surface area (Å²) in [5, 5.41) is 0. The third-order valence-corrected chi connectivity index (χ3v) is 5.62. The van der Waals surface area contributed by atoms with Crippen molar-refractivity contribution in [2.24, 2.45) is 5.92 Å². The minimum atomic E-state index is -0.00173. The highest BCUT2D eigenvalue weighted by atomic mass is 19.1. The monoisotopic (exact) mass is 324 g/mol. The van der Waals surface area contributed by atoms with Gasteiger partial charge in [-0.3, -0.25) is 0 Å². The van der Waals surface area contributed by atoms with Crippen molar-refractivity contribution in [1.29, 1.82) is 0 Å². The quantitative estimate of drug-likeness (QED) is 0.487. The molecule has 0 atom stereocenters. The molecule has 3 rings (SSSR count). The Balaban J connectivity index is 1.68. The molecule has 0 amide bonds. The van der Waals surface area contributed by atoms with Gasteiger partial charge in [0, 0.05) is 5.56 Å². The van der Waals surface area contributed by atoms with Crippen LogP contribution < -0.4 is 0 Å². The molecule has 0 nitrogen and oxygen atoms in total. The summed E-state index contributed by atoms with van der Waals surface area (Å²) in [5.74, 6) is 1.27. The molecule has 2 aromatic rings. The third-order valence-electron chi connectivity index (χ3n) is 5.62. The lowest BCUT2D eigenvalue weighted by atomic mass is 9.76. The van der Waals surface area contributed by atoms with E-state index in [-0.39, 0.29) is 5.82 Å². The second-order valence-corrected chi connectivity index (χ2v) is 7.29. The Bertz CT molecular complexity index is 624. The molecule has 1 aliphatic carbocycles. The van der Waals surface area contributed by atoms with Crippen molar-refractivity contribution in [2.75, 3.05) is 0 Å². The summed E-state index contributed by atoms with van der Waals surface area (Å²) in [4.78, 5) is 0. The lowest BCUT2D eigenvalue weighted by Crippen LogP contribution is -2.14. The lowest BCUT2D eigenvalue weighted by Gasteiger charge is -2.29. The molecule has 0 saturated heterocycles. The van der Waals surface area contributed by atoms with Gasteiger partial charge in [-0.05, 0) is 48.6 Å². The summed E-state index contributed by atoms with van der Waals surface area (Å²) in [7, 11) is 0. The van der Waals surface area contributed by atoms with Gasteiger partial charge in [0.05, 0.1) is 0 Å². The average Bonchev–Trinajstić information content (AvgIpc) is 2.64. The number of unbranched alkanes of at least 4 members (excludes halogenated alkanes) is 2. The number of hydrogen-bond acceptors (Lipinski definition) is 0. The van der Waals surface area contributed by atoms with Crippen LogP contribution in [0.25, 0.3) is 11.1 Å². The van der Waals surface area contributed by atoms with Crippen LogP contribution in [-0.4, -0.2) is 0 Å². The van der Waals surface area contributed by atoms with Crippen molar-refractivity contribution in [3.05, 3.63) is 59.9 Å². The summed E-state index contributed by atoms with van der Waals surface area (Å²) in [6.07, 6.45) is 10.2. The average molecular weight is 324 g/mol. The normalized spacial score (nSPS) is 20.9. The van der Waals surface area contributed by atoms with Crippen molar-refractivity contribution in [3.63, 3.8) is 0 Å². The number of halogens is 1. The summed E-state index contributed by atoms with van der Waals surface area (Å²) in [6.45, 7) is 2.26. The SMILES string of the molecule is CCCCCC1CCC(c2cccc(-c3ccccc3)c2F)CC1. The molecule has 1 fully saturated rings. The van der Waals surface area contributed by atoms with Gasteiger partial charge in [-0.1, -0.05) is 81.1 Å². The van der Waals surface area contributed by atoms with Crippen molar-refractivity contribution in [1.82, 2.24) is 0 Å². The predicted molar refractivity (Wildman–Crippen MR) is 101 cm³/mol. The van der Waals surface area contributed by atoms with E-state index in [4.69, 9.17) is 0 Å². The maximum Gasteiger partial charge on any atom is 0.134 e. The Morgan fingerprint density at radius 3 is 2.33 bits per heavy atom. The van der Waals surface area contributed by atoms with Gasteiger partial charge >= 0.3 is 0 Å². The molecule has 0 aliphatic heterocycles. The number of hydrogen-bond donors (Lipinski definition) is 0. The number of benzene rings is 2. The third kappa shape index (κ3) is 4.06. The molecule has 0 unspecified atom stereocenters. The highest BCUT2D eigenvalue weighted by Crippen LogP contribution is 2.40. The predicted octanol–water partition coefficient (Wildman–Crippen LogP) is 7.35. The van der Waals surface area contributed by atoms with E-state index in [2.05, 4.69) is 6.92 Å². The van der Waals surface area contributed by atoms with E-state index in [1.807, 2.05) is 48.5 Å². The molecule has 2 aromatic carbocycles. The fourth-order valence-electron chi connectivity index (χ4n) is 4.15. The topological polar surface area (TPSA) is 0 Å². The second-order valence-electron chi connectivity index (χ2n) is 7.29. The highest BCUT2D eigenvalue weighted by molar-refractivity contribution is 5.65. The largest absolute Gasteiger partial charge is 0.206 e. The fraction of sp³-hybridized carbons (Fsp3) is 0.478. The molecular weight excluding hydrogens is 295 g/mol. The Morgan fingerprint density at radius 1 is 0.875 bits per heavy atom. The van der Waals surface area contributed by atoms with Gasteiger partial charge in [-0.15, -0.1) is 0 Å². The van der Waals surface area contributed by atoms with Gasteiger partial charge in [0.25, 0.3) is 0 Å². The zero-order chi connectivity index (χ0) is 16.8. The highest BCUT2D eigenvalue weighted by Gasteiger charge is 2.25. The minimum absolute atomic E-state index is 0.00173. The van der Waals surface area contributed by atoms with E-state index in [9.17, 15) is 0 Å². The summed E-state index contributed by atoms with van der Waals surface area (Å²) in [6, 6.07) is 15.8. The Morgan fingerprint density at radius 2 is 1.62 bits per heavy atom. The van der Waals surface area contributed by atoms with Crippen molar-refractivity contribution >= 4 is 0 Å². The van der Waals surface area contributed by atoms with Crippen molar-refractivity contribution in [2.45, 2.75) is 64.2 Å². The fourth-order valence-corrected chi connectivity index (χ4v) is 4.15. The molecule has 0 aromatic heterocycles. The zero-order valence-electron chi connectivity index (χ0n) is 14.8. The van der Waals surface area contributed by atoms with Gasteiger partial charge in [0.15, 0.2) is 0 Å². The van der Waals surface area contributed by atoms with Gasteiger partial charge in [-0.2, -0.15) is 0 Å². The zero-order valence-corrected chi connectivity index (χ0v) is 14.8. The van der Waals surface area contributed by atoms with E-state index in [0.717, 1.165) is 35.4 Å². The van der Waals surface area contributed by atoms with Crippen LogP contribution in [0, 0.1) is 11.7 Å². The van der Waals surface area contributed by atoms with E-state index in [0.29, 0.717) is 5.92 Å². The Kier molecular flexibility index (Phi) is 6.07. The summed E-state index contributed by atoms with van der Waals surface area (Å²) >= 11 is 0. The van der Waals surface area contributed by atoms with Gasteiger partial charge in [-0.25, -0.2) is 4.39 Å². The molecule has 1 saturated carbocycles. The van der Waals surface area contributed by atoms with Crippen LogP contribution in [0.15, 0.2) is 48.5 Å². The van der Waals surface area contributed by atoms with E-state index in [1.165, 1.54) is 38.5 Å². The van der Waals surface area contributed by atoms with Crippen LogP contribution >= 0.6 is 0 Å². The maximum absolute atomic E-state index is 15.1. The first-order valence-corrected chi connectivity index (χ1v) is 9.63. The molecule has 0 radical (unpaired) electrons. The van der Waals surface area contributed by atoms with Crippen LogP contribution in [0.3, 0.4) is 0 Å². The molecule has 1 aliphatic rings. The van der Waals surface area contributed by atoms with Crippen molar-refractivity contribution < 1.29 is 4.39 Å². The summed E-state index contributed by atoms with van der Waals surface area (Å²) in [5.41, 5.74) is 2.66. The molecule has 128 valence electrons. The Labute approximate surface area is 146 Å². The molecule has 0 heterocycles. The molecule has 24 heavy (non-hydrogen) atoms. The van der Waals surface area contributed by atoms with Crippen LogP contribution in [0.2, 0.25) is 0 Å². The van der Waals surface area contributed by atoms with Crippen LogP contribution in [-0.2, 0) is 0 Å². The first kappa shape index (κ1) is 17.2. The van der Waals surface area contributed by atoms with E-state index < -0.39 is 0 Å². The van der Waals surface area contributed by atoms with E-state index >= 15 is 4.39 Å². The Hall–Kier alpha value is -1.63. The molecule has 1 heteroatoms. The van der Waals surface area contributed by atoms with Gasteiger partial charge in [0.1, 0.15) is 5.82 Å². The van der Waals surface area contributed by atoms with E-state index in [1.54, 1.807) is 0 Å². The lowest BCUT2D eigenvalue weighted by molar-refractivity contribution is 0.299. The standard InChI is InChI=1S/C23H29F/c1-2-3-5-9-18-14-16-20(17-15-18)22-13-8-12-21(23(22)24)19-10-6-4-7-11-19/h4,6-8,10-13,18,20H,2-3,5,9,14-17H2,1H3. The molecular formula is C23H29F. The first-order valence-electron chi connectivity index (χ1n) is 9.63. The minimum Gasteiger partial charge on any atom is -0.206 e. The summed E-state index contributed by atoms with van der Waals surface area (Å²) < 4.78 is 15.1. The molecule has 0 spiro atoms. The van der Waals surface area contributed by atoms with Crippen LogP contribution in [0.4, 0.5) is 4.39 Å². The van der Waals surface area contributed by atoms with Gasteiger partial charge < -0.3 is 0 Å². The maximum atomic E-state index is 15.1. The first-order chi connectivity index (χ1) is 11.8.